The number of aromatic nitrogens is 2. The molecular weight excluding hydrogens is 331 g/mol. The van der Waals surface area contributed by atoms with E-state index in [0.717, 1.165) is 13.8 Å². The van der Waals surface area contributed by atoms with Crippen molar-refractivity contribution in [2.24, 2.45) is 0 Å². The number of H-pyrrole nitrogens is 1. The lowest BCUT2D eigenvalue weighted by atomic mass is 10.1. The summed E-state index contributed by atoms with van der Waals surface area (Å²) in [6, 6.07) is 0. The summed E-state index contributed by atoms with van der Waals surface area (Å²) < 4.78 is 29.1. The maximum atomic E-state index is 13.4. The molecule has 2 heterocycles. The highest BCUT2D eigenvalue weighted by Gasteiger charge is 2.47. The van der Waals surface area contributed by atoms with Crippen LogP contribution in [0.5, 0.6) is 0 Å². The summed E-state index contributed by atoms with van der Waals surface area (Å²) in [6.45, 7) is 1.88. The van der Waals surface area contributed by atoms with Gasteiger partial charge in [-0.2, -0.15) is 4.39 Å². The van der Waals surface area contributed by atoms with Crippen molar-refractivity contribution >= 4 is 11.9 Å². The fraction of sp³-hybridized carbons (Fsp3) is 0.538. The SMILES string of the molecule is CC(=O)OC[C@H]1O[C@@H](n2cc(F)c(=O)[nH]c2=O)[C@H](O)[C@@H]1OC(C)=O. The van der Waals surface area contributed by atoms with Gasteiger partial charge < -0.3 is 19.3 Å². The van der Waals surface area contributed by atoms with E-state index in [4.69, 9.17) is 14.2 Å². The molecule has 1 aliphatic heterocycles. The Kier molecular flexibility index (Phi) is 5.14. The molecule has 0 unspecified atom stereocenters. The van der Waals surface area contributed by atoms with Crippen LogP contribution in [0.15, 0.2) is 15.8 Å². The third-order valence-corrected chi connectivity index (χ3v) is 3.26. The fourth-order valence-corrected chi connectivity index (χ4v) is 2.27. The van der Waals surface area contributed by atoms with Gasteiger partial charge in [0.1, 0.15) is 18.8 Å². The Hall–Kier alpha value is -2.53. The third kappa shape index (κ3) is 3.68. The van der Waals surface area contributed by atoms with E-state index in [0.29, 0.717) is 10.8 Å². The molecule has 1 aliphatic rings. The van der Waals surface area contributed by atoms with Crippen molar-refractivity contribution in [3.8, 4) is 0 Å². The van der Waals surface area contributed by atoms with E-state index in [1.54, 1.807) is 4.98 Å². The minimum atomic E-state index is -1.56. The maximum absolute atomic E-state index is 13.4. The molecule has 0 bridgehead atoms. The smallest absolute Gasteiger partial charge is 0.330 e. The number of aliphatic hydroxyl groups is 1. The van der Waals surface area contributed by atoms with E-state index < -0.39 is 53.5 Å². The van der Waals surface area contributed by atoms with Crippen LogP contribution in [-0.2, 0) is 23.8 Å². The quantitative estimate of drug-likeness (QED) is 0.624. The highest BCUT2D eigenvalue weighted by molar-refractivity contribution is 5.66. The van der Waals surface area contributed by atoms with Crippen LogP contribution >= 0.6 is 0 Å². The van der Waals surface area contributed by atoms with Crippen molar-refractivity contribution in [2.45, 2.75) is 38.4 Å². The van der Waals surface area contributed by atoms with Gasteiger partial charge in [-0.05, 0) is 0 Å². The lowest BCUT2D eigenvalue weighted by Gasteiger charge is -2.19. The number of nitrogens with zero attached hydrogens (tertiary/aromatic N) is 1. The van der Waals surface area contributed by atoms with E-state index in [1.165, 1.54) is 0 Å². The predicted molar refractivity (Wildman–Crippen MR) is 73.4 cm³/mol. The second kappa shape index (κ2) is 6.93. The third-order valence-electron chi connectivity index (χ3n) is 3.26. The van der Waals surface area contributed by atoms with Crippen LogP contribution in [0.4, 0.5) is 4.39 Å². The number of nitrogens with one attached hydrogen (secondary N) is 1. The number of ether oxygens (including phenoxy) is 3. The first-order valence-corrected chi connectivity index (χ1v) is 6.85. The Morgan fingerprint density at radius 2 is 2.04 bits per heavy atom. The minimum Gasteiger partial charge on any atom is -0.463 e. The van der Waals surface area contributed by atoms with Gasteiger partial charge in [-0.3, -0.25) is 23.9 Å². The van der Waals surface area contributed by atoms with Crippen LogP contribution in [-0.4, -0.2) is 51.5 Å². The van der Waals surface area contributed by atoms with Gasteiger partial charge >= 0.3 is 17.6 Å². The summed E-state index contributed by atoms with van der Waals surface area (Å²) in [5.41, 5.74) is -2.25. The molecule has 0 aliphatic carbocycles. The first kappa shape index (κ1) is 17.8. The Balaban J connectivity index is 2.33. The minimum absolute atomic E-state index is 0.360. The first-order valence-electron chi connectivity index (χ1n) is 6.85. The maximum Gasteiger partial charge on any atom is 0.330 e. The van der Waals surface area contributed by atoms with E-state index in [2.05, 4.69) is 0 Å². The topological polar surface area (TPSA) is 137 Å². The lowest BCUT2D eigenvalue weighted by Crippen LogP contribution is -2.40. The molecule has 0 radical (unpaired) electrons. The summed E-state index contributed by atoms with van der Waals surface area (Å²) >= 11 is 0. The van der Waals surface area contributed by atoms with Crippen molar-refractivity contribution in [2.75, 3.05) is 6.61 Å². The molecule has 2 N–H and O–H groups in total. The zero-order valence-electron chi connectivity index (χ0n) is 12.7. The van der Waals surface area contributed by atoms with E-state index in [1.807, 2.05) is 0 Å². The van der Waals surface area contributed by atoms with Crippen molar-refractivity contribution < 1.29 is 33.3 Å². The van der Waals surface area contributed by atoms with Crippen LogP contribution in [0.25, 0.3) is 0 Å². The Morgan fingerprint density at radius 1 is 1.38 bits per heavy atom. The molecule has 11 heteroatoms. The highest BCUT2D eigenvalue weighted by atomic mass is 19.1. The molecule has 132 valence electrons. The molecule has 0 amide bonds. The number of hydrogen-bond donors (Lipinski definition) is 2. The Morgan fingerprint density at radius 3 is 2.62 bits per heavy atom. The molecule has 2 rings (SSSR count). The molecule has 1 aromatic heterocycles. The van der Waals surface area contributed by atoms with Gasteiger partial charge in [0, 0.05) is 13.8 Å². The molecule has 1 aromatic rings. The number of hydrogen-bond acceptors (Lipinski definition) is 8. The van der Waals surface area contributed by atoms with Crippen LogP contribution < -0.4 is 11.2 Å². The van der Waals surface area contributed by atoms with Crippen molar-refractivity contribution in [3.05, 3.63) is 32.9 Å². The van der Waals surface area contributed by atoms with Crippen molar-refractivity contribution in [3.63, 3.8) is 0 Å². The largest absolute Gasteiger partial charge is 0.463 e. The average molecular weight is 346 g/mol. The zero-order chi connectivity index (χ0) is 18.0. The molecule has 1 fully saturated rings. The Bertz CT molecular complexity index is 757. The fourth-order valence-electron chi connectivity index (χ4n) is 2.27. The number of aromatic amines is 1. The number of esters is 2. The predicted octanol–water partition coefficient (Wildman–Crippen LogP) is -1.57. The summed E-state index contributed by atoms with van der Waals surface area (Å²) in [6.07, 6.45) is -4.78. The molecule has 0 aromatic carbocycles. The number of rotatable bonds is 4. The molecular formula is C13H15FN2O8. The monoisotopic (exact) mass is 346 g/mol. The molecule has 4 atom stereocenters. The van der Waals surface area contributed by atoms with E-state index in [9.17, 15) is 28.7 Å². The normalized spacial score (nSPS) is 26.2. The second-order valence-corrected chi connectivity index (χ2v) is 5.08. The van der Waals surface area contributed by atoms with Gasteiger partial charge in [-0.25, -0.2) is 4.79 Å². The average Bonchev–Trinajstić information content (AvgIpc) is 2.77. The number of carbonyl (C=O) groups excluding carboxylic acids is 2. The van der Waals surface area contributed by atoms with Crippen LogP contribution in [0.2, 0.25) is 0 Å². The number of halogens is 1. The van der Waals surface area contributed by atoms with Crippen molar-refractivity contribution in [1.29, 1.82) is 0 Å². The molecule has 24 heavy (non-hydrogen) atoms. The van der Waals surface area contributed by atoms with E-state index in [-0.39, 0.29) is 6.61 Å². The van der Waals surface area contributed by atoms with Crippen molar-refractivity contribution in [1.82, 2.24) is 9.55 Å². The summed E-state index contributed by atoms with van der Waals surface area (Å²) in [4.78, 5) is 46.6. The standard InChI is InChI=1S/C13H15FN2O8/c1-5(17)22-4-8-10(23-6(2)18)9(19)12(24-8)16-3-7(14)11(20)15-13(16)21/h3,8-10,12,19H,4H2,1-2H3,(H,15,20,21)/t8-,9-,10-,12-/m1/s1. The second-order valence-electron chi connectivity index (χ2n) is 5.08. The summed E-state index contributed by atoms with van der Waals surface area (Å²) in [5, 5.41) is 10.3. The van der Waals surface area contributed by atoms with Gasteiger partial charge in [-0.15, -0.1) is 0 Å². The molecule has 10 nitrogen and oxygen atoms in total. The van der Waals surface area contributed by atoms with Crippen LogP contribution in [0.1, 0.15) is 20.1 Å². The van der Waals surface area contributed by atoms with Gasteiger partial charge in [0.15, 0.2) is 12.3 Å². The van der Waals surface area contributed by atoms with Gasteiger partial charge in [0.25, 0.3) is 5.56 Å². The highest BCUT2D eigenvalue weighted by Crippen LogP contribution is 2.30. The molecule has 1 saturated heterocycles. The van der Waals surface area contributed by atoms with Gasteiger partial charge in [0.05, 0.1) is 6.20 Å². The van der Waals surface area contributed by atoms with Crippen LogP contribution in [0.3, 0.4) is 0 Å². The van der Waals surface area contributed by atoms with Crippen LogP contribution in [0, 0.1) is 5.82 Å². The zero-order valence-corrected chi connectivity index (χ0v) is 12.7. The van der Waals surface area contributed by atoms with E-state index >= 15 is 0 Å². The van der Waals surface area contributed by atoms with Gasteiger partial charge in [0.2, 0.25) is 5.82 Å². The summed E-state index contributed by atoms with van der Waals surface area (Å²) in [7, 11) is 0. The Labute approximate surface area is 133 Å². The molecule has 0 saturated carbocycles. The molecule has 0 spiro atoms. The first-order chi connectivity index (χ1) is 11.2. The van der Waals surface area contributed by atoms with Gasteiger partial charge in [-0.1, -0.05) is 0 Å². The number of aliphatic hydroxyl groups excluding tert-OH is 1. The lowest BCUT2D eigenvalue weighted by molar-refractivity contribution is -0.157. The number of carbonyl (C=O) groups is 2. The summed E-state index contributed by atoms with van der Waals surface area (Å²) in [5.74, 6) is -2.64.